The SMILES string of the molecule is CCc1nc(O[C@@H]2COC[C@H]2O)c2cc(N3C(=S)N(c4ccc(C#N)c(C(F)(F)F)c4)C(=O)C3(C)C)cc(F)c2n1. The van der Waals surface area contributed by atoms with Gasteiger partial charge in [0.05, 0.1) is 41.5 Å². The molecule has 2 fully saturated rings. The van der Waals surface area contributed by atoms with Crippen LogP contribution in [0.15, 0.2) is 30.3 Å². The molecule has 0 radical (unpaired) electrons. The van der Waals surface area contributed by atoms with Gasteiger partial charge in [0.25, 0.3) is 5.91 Å². The molecule has 1 N–H and O–H groups in total. The first-order valence-electron chi connectivity index (χ1n) is 12.5. The third-order valence-corrected chi connectivity index (χ3v) is 7.31. The van der Waals surface area contributed by atoms with Crippen molar-refractivity contribution in [1.82, 2.24) is 9.97 Å². The lowest BCUT2D eigenvalue weighted by Crippen LogP contribution is -2.44. The molecule has 0 spiro atoms. The van der Waals surface area contributed by atoms with Crippen LogP contribution in [-0.4, -0.2) is 57.1 Å². The second-order valence-electron chi connectivity index (χ2n) is 10.0. The predicted molar refractivity (Wildman–Crippen MR) is 143 cm³/mol. The number of aliphatic hydroxyl groups excluding tert-OH is 1. The van der Waals surface area contributed by atoms with Crippen LogP contribution in [-0.2, 0) is 22.1 Å². The zero-order valence-corrected chi connectivity index (χ0v) is 22.8. The maximum absolute atomic E-state index is 15.6. The summed E-state index contributed by atoms with van der Waals surface area (Å²) in [7, 11) is 0. The molecule has 1 amide bonds. The average Bonchev–Trinajstić information content (AvgIpc) is 3.39. The Labute approximate surface area is 236 Å². The highest BCUT2D eigenvalue weighted by Gasteiger charge is 2.51. The lowest BCUT2D eigenvalue weighted by atomic mass is 10.0. The van der Waals surface area contributed by atoms with Gasteiger partial charge in [-0.05, 0) is 56.4 Å². The molecule has 2 aliphatic rings. The number of halogens is 4. The van der Waals surface area contributed by atoms with Crippen LogP contribution in [0.3, 0.4) is 0 Å². The maximum Gasteiger partial charge on any atom is 0.417 e. The summed E-state index contributed by atoms with van der Waals surface area (Å²) in [6, 6.07) is 6.94. The molecule has 0 saturated carbocycles. The molecule has 3 aromatic rings. The Balaban J connectivity index is 1.62. The van der Waals surface area contributed by atoms with Gasteiger partial charge in [-0.3, -0.25) is 9.69 Å². The van der Waals surface area contributed by atoms with Crippen molar-refractivity contribution in [3.8, 4) is 11.9 Å². The van der Waals surface area contributed by atoms with Crippen LogP contribution in [0.5, 0.6) is 5.88 Å². The average molecular weight is 590 g/mol. The normalized spacial score (nSPS) is 20.7. The summed E-state index contributed by atoms with van der Waals surface area (Å²) in [6.07, 6.45) is -6.17. The van der Waals surface area contributed by atoms with E-state index in [0.29, 0.717) is 18.3 Å². The Bertz CT molecular complexity index is 1620. The van der Waals surface area contributed by atoms with Gasteiger partial charge in [0.1, 0.15) is 23.0 Å². The van der Waals surface area contributed by atoms with Crippen molar-refractivity contribution in [3.05, 3.63) is 53.1 Å². The van der Waals surface area contributed by atoms with E-state index < -0.39 is 46.8 Å². The van der Waals surface area contributed by atoms with Gasteiger partial charge in [-0.1, -0.05) is 6.92 Å². The predicted octanol–water partition coefficient (Wildman–Crippen LogP) is 4.28. The Morgan fingerprint density at radius 1 is 1.22 bits per heavy atom. The van der Waals surface area contributed by atoms with Crippen molar-refractivity contribution in [2.75, 3.05) is 23.0 Å². The fourth-order valence-electron chi connectivity index (χ4n) is 4.81. The number of alkyl halides is 3. The maximum atomic E-state index is 15.6. The fourth-order valence-corrected chi connectivity index (χ4v) is 5.33. The first-order valence-corrected chi connectivity index (χ1v) is 12.9. The first kappa shape index (κ1) is 28.6. The van der Waals surface area contributed by atoms with Gasteiger partial charge in [-0.25, -0.2) is 9.37 Å². The largest absolute Gasteiger partial charge is 0.468 e. The number of rotatable bonds is 5. The van der Waals surface area contributed by atoms with Crippen molar-refractivity contribution >= 4 is 45.5 Å². The minimum absolute atomic E-state index is 0.00448. The number of ether oxygens (including phenoxy) is 2. The fraction of sp³-hybridized carbons (Fsp3) is 0.370. The zero-order chi connectivity index (χ0) is 29.9. The topological polar surface area (TPSA) is 112 Å². The van der Waals surface area contributed by atoms with Crippen LogP contribution < -0.4 is 14.5 Å². The summed E-state index contributed by atoms with van der Waals surface area (Å²) in [5.41, 5.74) is -3.43. The molecule has 0 bridgehead atoms. The molecule has 2 atom stereocenters. The standard InChI is InChI=1S/C27H23F4N5O4S/c1-4-21-33-22-16(23(34-21)40-20-12-39-11-19(20)37)7-15(9-18(22)28)36-25(41)35(24(38)26(36,2)3)14-6-5-13(10-32)17(8-14)27(29,30)31/h5-9,19-20,37H,4,11-12H2,1-3H3/t19-,20-/m1/s1. The Kier molecular flexibility index (Phi) is 7.09. The molecule has 1 aromatic heterocycles. The van der Waals surface area contributed by atoms with Gasteiger partial charge < -0.3 is 19.5 Å². The number of aliphatic hydroxyl groups is 1. The second-order valence-corrected chi connectivity index (χ2v) is 10.4. The molecule has 0 aliphatic carbocycles. The number of hydrogen-bond acceptors (Lipinski definition) is 8. The third-order valence-electron chi connectivity index (χ3n) is 6.94. The van der Waals surface area contributed by atoms with Crippen molar-refractivity contribution in [3.63, 3.8) is 0 Å². The number of aromatic nitrogens is 2. The molecule has 9 nitrogen and oxygen atoms in total. The van der Waals surface area contributed by atoms with E-state index in [9.17, 15) is 23.1 Å². The van der Waals surface area contributed by atoms with E-state index in [-0.39, 0.29) is 46.5 Å². The van der Waals surface area contributed by atoms with Crippen molar-refractivity contribution in [1.29, 1.82) is 5.26 Å². The number of carbonyl (C=O) groups excluding carboxylic acids is 1. The molecule has 2 aliphatic heterocycles. The Morgan fingerprint density at radius 3 is 2.56 bits per heavy atom. The number of anilines is 2. The lowest BCUT2D eigenvalue weighted by molar-refractivity contribution is -0.137. The van der Waals surface area contributed by atoms with Crippen LogP contribution in [0.2, 0.25) is 0 Å². The van der Waals surface area contributed by atoms with Gasteiger partial charge in [0.15, 0.2) is 17.0 Å². The Hall–Kier alpha value is -3.93. The van der Waals surface area contributed by atoms with E-state index >= 15 is 4.39 Å². The summed E-state index contributed by atoms with van der Waals surface area (Å²) >= 11 is 5.57. The first-order chi connectivity index (χ1) is 19.3. The summed E-state index contributed by atoms with van der Waals surface area (Å²) < 4.78 is 67.7. The highest BCUT2D eigenvalue weighted by Crippen LogP contribution is 2.41. The monoisotopic (exact) mass is 589 g/mol. The number of amides is 1. The molecule has 41 heavy (non-hydrogen) atoms. The number of nitrogens with zero attached hydrogens (tertiary/aromatic N) is 5. The van der Waals surface area contributed by atoms with Gasteiger partial charge in [0, 0.05) is 12.1 Å². The van der Waals surface area contributed by atoms with Crippen molar-refractivity contribution in [2.45, 2.75) is 51.1 Å². The van der Waals surface area contributed by atoms with Crippen LogP contribution >= 0.6 is 12.2 Å². The van der Waals surface area contributed by atoms with E-state index in [1.54, 1.807) is 6.92 Å². The van der Waals surface area contributed by atoms with E-state index in [2.05, 4.69) is 9.97 Å². The number of hydrogen-bond donors (Lipinski definition) is 1. The molecule has 2 aromatic carbocycles. The zero-order valence-electron chi connectivity index (χ0n) is 22.0. The number of nitriles is 1. The second kappa shape index (κ2) is 10.2. The number of aryl methyl sites for hydroxylation is 1. The summed E-state index contributed by atoms with van der Waals surface area (Å²) in [4.78, 5) is 24.5. The summed E-state index contributed by atoms with van der Waals surface area (Å²) in [5, 5.41) is 19.3. The van der Waals surface area contributed by atoms with Crippen molar-refractivity contribution < 1.29 is 36.9 Å². The minimum Gasteiger partial charge on any atom is -0.468 e. The molecular formula is C27H23F4N5O4S. The molecule has 14 heteroatoms. The highest BCUT2D eigenvalue weighted by molar-refractivity contribution is 7.81. The van der Waals surface area contributed by atoms with Gasteiger partial charge in [-0.15, -0.1) is 0 Å². The smallest absolute Gasteiger partial charge is 0.417 e. The molecule has 0 unspecified atom stereocenters. The summed E-state index contributed by atoms with van der Waals surface area (Å²) in [6.45, 7) is 4.93. The number of thiocarbonyl (C=S) groups is 1. The number of fused-ring (bicyclic) bond motifs is 1. The number of carbonyl (C=O) groups is 1. The van der Waals surface area contributed by atoms with Crippen LogP contribution in [0.25, 0.3) is 10.9 Å². The Morgan fingerprint density at radius 2 is 1.95 bits per heavy atom. The summed E-state index contributed by atoms with van der Waals surface area (Å²) in [5.74, 6) is -1.15. The van der Waals surface area contributed by atoms with Gasteiger partial charge in [0.2, 0.25) is 5.88 Å². The van der Waals surface area contributed by atoms with E-state index in [1.807, 2.05) is 0 Å². The van der Waals surface area contributed by atoms with Crippen LogP contribution in [0.1, 0.15) is 37.7 Å². The van der Waals surface area contributed by atoms with Crippen LogP contribution in [0, 0.1) is 17.1 Å². The molecule has 2 saturated heterocycles. The molecule has 3 heterocycles. The lowest BCUT2D eigenvalue weighted by Gasteiger charge is -2.30. The van der Waals surface area contributed by atoms with E-state index in [1.165, 1.54) is 36.9 Å². The minimum atomic E-state index is -4.85. The van der Waals surface area contributed by atoms with Crippen LogP contribution in [0.4, 0.5) is 28.9 Å². The molecular weight excluding hydrogens is 566 g/mol. The molecule has 5 rings (SSSR count). The highest BCUT2D eigenvalue weighted by atomic mass is 32.1. The van der Waals surface area contributed by atoms with Crippen molar-refractivity contribution in [2.24, 2.45) is 0 Å². The van der Waals surface area contributed by atoms with Gasteiger partial charge >= 0.3 is 6.18 Å². The number of benzene rings is 2. The van der Waals surface area contributed by atoms with Gasteiger partial charge in [-0.2, -0.15) is 23.4 Å². The quantitative estimate of drug-likeness (QED) is 0.344. The van der Waals surface area contributed by atoms with E-state index in [0.717, 1.165) is 17.0 Å². The molecule has 214 valence electrons. The third kappa shape index (κ3) is 4.83. The van der Waals surface area contributed by atoms with E-state index in [4.69, 9.17) is 27.0 Å².